The van der Waals surface area contributed by atoms with Crippen LogP contribution in [0.15, 0.2) is 29.3 Å². The molecule has 1 aromatic carbocycles. The van der Waals surface area contributed by atoms with Crippen molar-refractivity contribution in [3.8, 4) is 0 Å². The Balaban J connectivity index is 0.00000180. The van der Waals surface area contributed by atoms with Crippen molar-refractivity contribution >= 4 is 35.6 Å². The second-order valence-corrected chi connectivity index (χ2v) is 4.11. The summed E-state index contributed by atoms with van der Waals surface area (Å²) in [5.74, 6) is 0.826. The van der Waals surface area contributed by atoms with Gasteiger partial charge in [-0.2, -0.15) is 0 Å². The third kappa shape index (κ3) is 5.01. The van der Waals surface area contributed by atoms with Crippen LogP contribution in [-0.2, 0) is 6.42 Å². The molecule has 1 heterocycles. The summed E-state index contributed by atoms with van der Waals surface area (Å²) in [6.07, 6.45) is 1.80. The largest absolute Gasteiger partial charge is 0.356 e. The average molecular weight is 376 g/mol. The minimum Gasteiger partial charge on any atom is -0.356 e. The Labute approximate surface area is 128 Å². The highest BCUT2D eigenvalue weighted by Gasteiger charge is 2.06. The van der Waals surface area contributed by atoms with E-state index in [0.29, 0.717) is 6.54 Å². The van der Waals surface area contributed by atoms with E-state index in [2.05, 4.69) is 15.6 Å². The Kier molecular flexibility index (Phi) is 6.54. The number of non-ortho nitro benzene ring substituents is 1. The van der Waals surface area contributed by atoms with Crippen LogP contribution in [0.4, 0.5) is 5.69 Å². The first-order chi connectivity index (χ1) is 8.75. The van der Waals surface area contributed by atoms with Crippen LogP contribution >= 0.6 is 24.0 Å². The summed E-state index contributed by atoms with van der Waals surface area (Å²) in [5, 5.41) is 17.0. The number of nitro groups is 1. The second kappa shape index (κ2) is 7.93. The third-order valence-electron chi connectivity index (χ3n) is 2.72. The van der Waals surface area contributed by atoms with E-state index in [1.807, 2.05) is 6.07 Å². The molecule has 0 amide bonds. The third-order valence-corrected chi connectivity index (χ3v) is 2.72. The molecule has 1 aliphatic rings. The van der Waals surface area contributed by atoms with E-state index in [0.717, 1.165) is 37.5 Å². The lowest BCUT2D eigenvalue weighted by Crippen LogP contribution is -2.41. The van der Waals surface area contributed by atoms with Gasteiger partial charge in [-0.05, 0) is 18.4 Å². The van der Waals surface area contributed by atoms with Crippen molar-refractivity contribution < 1.29 is 4.92 Å². The number of benzene rings is 1. The van der Waals surface area contributed by atoms with E-state index in [1.54, 1.807) is 12.1 Å². The van der Waals surface area contributed by atoms with Crippen molar-refractivity contribution in [2.75, 3.05) is 19.6 Å². The summed E-state index contributed by atoms with van der Waals surface area (Å²) in [4.78, 5) is 14.6. The number of hydrogen-bond donors (Lipinski definition) is 2. The van der Waals surface area contributed by atoms with Gasteiger partial charge in [-0.15, -0.1) is 24.0 Å². The quantitative estimate of drug-likeness (QED) is 0.476. The van der Waals surface area contributed by atoms with Crippen molar-refractivity contribution in [3.63, 3.8) is 0 Å². The first-order valence-corrected chi connectivity index (χ1v) is 6.01. The topological polar surface area (TPSA) is 79.6 Å². The number of guanidine groups is 1. The summed E-state index contributed by atoms with van der Waals surface area (Å²) in [6, 6.07) is 6.72. The molecule has 0 aromatic heterocycles. The normalized spacial score (nSPS) is 13.8. The first-order valence-electron chi connectivity index (χ1n) is 6.01. The predicted octanol–water partition coefficient (Wildman–Crippen LogP) is 1.69. The minimum atomic E-state index is -0.371. The lowest BCUT2D eigenvalue weighted by Gasteiger charge is -2.15. The van der Waals surface area contributed by atoms with Crippen molar-refractivity contribution in [3.05, 3.63) is 39.9 Å². The van der Waals surface area contributed by atoms with E-state index >= 15 is 0 Å². The van der Waals surface area contributed by atoms with Gasteiger partial charge < -0.3 is 10.6 Å². The molecule has 1 aliphatic heterocycles. The maximum Gasteiger partial charge on any atom is 0.269 e. The maximum atomic E-state index is 10.6. The molecule has 2 rings (SSSR count). The molecule has 19 heavy (non-hydrogen) atoms. The average Bonchev–Trinajstić information content (AvgIpc) is 2.40. The Morgan fingerprint density at radius 2 is 2.32 bits per heavy atom. The standard InChI is InChI=1S/C12H16N4O2.HI/c17-16(18)11-4-1-3-10(9-11)5-8-15-12-13-6-2-7-14-12;/h1,3-4,9H,2,5-8H2,(H2,13,14,15);1H. The number of rotatable bonds is 4. The van der Waals surface area contributed by atoms with Crippen molar-refractivity contribution in [2.45, 2.75) is 12.8 Å². The van der Waals surface area contributed by atoms with Gasteiger partial charge in [0.15, 0.2) is 5.96 Å². The monoisotopic (exact) mass is 376 g/mol. The molecule has 0 saturated heterocycles. The summed E-state index contributed by atoms with van der Waals surface area (Å²) in [7, 11) is 0. The molecule has 104 valence electrons. The Morgan fingerprint density at radius 3 is 3.00 bits per heavy atom. The summed E-state index contributed by atoms with van der Waals surface area (Å²) < 4.78 is 0. The van der Waals surface area contributed by atoms with Crippen molar-refractivity contribution in [1.29, 1.82) is 0 Å². The summed E-state index contributed by atoms with van der Waals surface area (Å²) in [6.45, 7) is 2.52. The fourth-order valence-corrected chi connectivity index (χ4v) is 1.80. The predicted molar refractivity (Wildman–Crippen MR) is 85.1 cm³/mol. The van der Waals surface area contributed by atoms with Crippen LogP contribution in [0.25, 0.3) is 0 Å². The number of nitro benzene ring substituents is 1. The van der Waals surface area contributed by atoms with Crippen LogP contribution in [0.5, 0.6) is 0 Å². The lowest BCUT2D eigenvalue weighted by molar-refractivity contribution is -0.384. The van der Waals surface area contributed by atoms with E-state index in [4.69, 9.17) is 0 Å². The highest BCUT2D eigenvalue weighted by molar-refractivity contribution is 14.0. The molecule has 1 aromatic rings. The van der Waals surface area contributed by atoms with Crippen LogP contribution in [0.1, 0.15) is 12.0 Å². The molecule has 2 N–H and O–H groups in total. The molecule has 0 radical (unpaired) electrons. The zero-order valence-corrected chi connectivity index (χ0v) is 12.8. The Hall–Kier alpha value is -1.38. The van der Waals surface area contributed by atoms with Crippen molar-refractivity contribution in [2.24, 2.45) is 4.99 Å². The molecule has 0 spiro atoms. The van der Waals surface area contributed by atoms with E-state index in [-0.39, 0.29) is 34.6 Å². The van der Waals surface area contributed by atoms with Gasteiger partial charge in [0.05, 0.1) is 4.92 Å². The highest BCUT2D eigenvalue weighted by atomic mass is 127. The van der Waals surface area contributed by atoms with E-state index in [1.165, 1.54) is 6.07 Å². The second-order valence-electron chi connectivity index (χ2n) is 4.11. The zero-order valence-electron chi connectivity index (χ0n) is 10.5. The first kappa shape index (κ1) is 15.7. The molecule has 7 heteroatoms. The van der Waals surface area contributed by atoms with Crippen LogP contribution < -0.4 is 10.6 Å². The molecule has 0 aliphatic carbocycles. The van der Waals surface area contributed by atoms with Gasteiger partial charge in [0.1, 0.15) is 0 Å². The van der Waals surface area contributed by atoms with Crippen molar-refractivity contribution in [1.82, 2.24) is 10.6 Å². The van der Waals surface area contributed by atoms with E-state index in [9.17, 15) is 10.1 Å². The van der Waals surface area contributed by atoms with Gasteiger partial charge in [0.2, 0.25) is 0 Å². The highest BCUT2D eigenvalue weighted by Crippen LogP contribution is 2.13. The zero-order chi connectivity index (χ0) is 12.8. The molecule has 0 bridgehead atoms. The smallest absolute Gasteiger partial charge is 0.269 e. The van der Waals surface area contributed by atoms with Gasteiger partial charge in [-0.1, -0.05) is 12.1 Å². The van der Waals surface area contributed by atoms with E-state index < -0.39 is 0 Å². The molecule has 0 unspecified atom stereocenters. The number of aliphatic imine (C=N–C) groups is 1. The lowest BCUT2D eigenvalue weighted by atomic mass is 10.1. The van der Waals surface area contributed by atoms with Crippen LogP contribution in [0, 0.1) is 10.1 Å². The Morgan fingerprint density at radius 1 is 1.47 bits per heavy atom. The maximum absolute atomic E-state index is 10.6. The fraction of sp³-hybridized carbons (Fsp3) is 0.417. The van der Waals surface area contributed by atoms with Gasteiger partial charge >= 0.3 is 0 Å². The number of nitrogens with one attached hydrogen (secondary N) is 2. The van der Waals surface area contributed by atoms with Crippen LogP contribution in [0.2, 0.25) is 0 Å². The SMILES string of the molecule is I.O=[N+]([O-])c1cccc(CCNC2=NCCCN2)c1. The van der Waals surface area contributed by atoms with Gasteiger partial charge in [0, 0.05) is 31.8 Å². The minimum absolute atomic E-state index is 0. The number of nitrogens with zero attached hydrogens (tertiary/aromatic N) is 2. The molecule has 0 saturated carbocycles. The van der Waals surface area contributed by atoms with Gasteiger partial charge in [-0.3, -0.25) is 15.1 Å². The fourth-order valence-electron chi connectivity index (χ4n) is 1.80. The van der Waals surface area contributed by atoms with Crippen LogP contribution in [-0.4, -0.2) is 30.5 Å². The number of halogens is 1. The molecular weight excluding hydrogens is 359 g/mol. The van der Waals surface area contributed by atoms with Gasteiger partial charge in [0.25, 0.3) is 5.69 Å². The molecular formula is C12H17IN4O2. The Bertz CT molecular complexity index is 465. The molecule has 6 nitrogen and oxygen atoms in total. The van der Waals surface area contributed by atoms with Gasteiger partial charge in [-0.25, -0.2) is 0 Å². The van der Waals surface area contributed by atoms with Crippen LogP contribution in [0.3, 0.4) is 0 Å². The molecule has 0 atom stereocenters. The number of hydrogen-bond acceptors (Lipinski definition) is 5. The summed E-state index contributed by atoms with van der Waals surface area (Å²) in [5.41, 5.74) is 1.09. The summed E-state index contributed by atoms with van der Waals surface area (Å²) >= 11 is 0. The molecule has 0 fully saturated rings.